The van der Waals surface area contributed by atoms with E-state index in [4.69, 9.17) is 4.84 Å². The highest BCUT2D eigenvalue weighted by molar-refractivity contribution is 9.10. The number of aromatic nitrogens is 4. The van der Waals surface area contributed by atoms with Crippen LogP contribution < -0.4 is 5.69 Å². The Hall–Kier alpha value is -2.74. The first kappa shape index (κ1) is 18.1. The van der Waals surface area contributed by atoms with Crippen LogP contribution in [0.5, 0.6) is 0 Å². The van der Waals surface area contributed by atoms with Crippen molar-refractivity contribution in [2.75, 3.05) is 0 Å². The molecule has 0 unspecified atom stereocenters. The minimum absolute atomic E-state index is 0.219. The van der Waals surface area contributed by atoms with Gasteiger partial charge in [0.05, 0.1) is 11.4 Å². The van der Waals surface area contributed by atoms with Crippen molar-refractivity contribution in [2.24, 2.45) is 12.2 Å². The molecule has 0 bridgehead atoms. The van der Waals surface area contributed by atoms with Crippen LogP contribution in [0.4, 0.5) is 0 Å². The summed E-state index contributed by atoms with van der Waals surface area (Å²) >= 11 is 3.45. The lowest BCUT2D eigenvalue weighted by Gasteiger charge is -2.10. The van der Waals surface area contributed by atoms with Gasteiger partial charge in [-0.25, -0.2) is 4.79 Å². The van der Waals surface area contributed by atoms with Gasteiger partial charge in [0.2, 0.25) is 0 Å². The predicted molar refractivity (Wildman–Crippen MR) is 102 cm³/mol. The largest absolute Gasteiger partial charge is 0.391 e. The van der Waals surface area contributed by atoms with Crippen molar-refractivity contribution in [3.63, 3.8) is 0 Å². The summed E-state index contributed by atoms with van der Waals surface area (Å²) in [6, 6.07) is 13.5. The van der Waals surface area contributed by atoms with E-state index in [2.05, 4.69) is 31.5 Å². The fraction of sp³-hybridized carbons (Fsp3) is 0.222. The van der Waals surface area contributed by atoms with Gasteiger partial charge in [-0.15, -0.1) is 0 Å². The molecular weight excluding hydrogens is 398 g/mol. The SMILES string of the molecule is CC(=NOCc1c(C)cccc1-n1nnn(C)c1=O)c1cccc(Br)c1. The maximum Gasteiger partial charge on any atom is 0.368 e. The first-order chi connectivity index (χ1) is 12.5. The molecule has 134 valence electrons. The number of rotatable bonds is 5. The molecule has 0 aliphatic heterocycles. The van der Waals surface area contributed by atoms with E-state index in [1.165, 1.54) is 9.36 Å². The van der Waals surface area contributed by atoms with Crippen LogP contribution in [0.3, 0.4) is 0 Å². The van der Waals surface area contributed by atoms with Gasteiger partial charge in [-0.3, -0.25) is 0 Å². The Morgan fingerprint density at radius 2 is 2.00 bits per heavy atom. The molecule has 0 spiro atoms. The maximum absolute atomic E-state index is 12.2. The second-order valence-corrected chi connectivity index (χ2v) is 6.75. The van der Waals surface area contributed by atoms with Crippen molar-refractivity contribution in [3.8, 4) is 5.69 Å². The summed E-state index contributed by atoms with van der Waals surface area (Å²) in [6.07, 6.45) is 0. The Labute approximate surface area is 159 Å². The van der Waals surface area contributed by atoms with Crippen LogP contribution in [-0.2, 0) is 18.5 Å². The molecular formula is C18H18BrN5O2. The summed E-state index contributed by atoms with van der Waals surface area (Å²) in [5, 5.41) is 11.9. The lowest BCUT2D eigenvalue weighted by atomic mass is 10.1. The lowest BCUT2D eigenvalue weighted by molar-refractivity contribution is 0.130. The quantitative estimate of drug-likeness (QED) is 0.474. The highest BCUT2D eigenvalue weighted by atomic mass is 79.9. The van der Waals surface area contributed by atoms with Crippen LogP contribution in [0, 0.1) is 6.92 Å². The fourth-order valence-corrected chi connectivity index (χ4v) is 2.90. The fourth-order valence-electron chi connectivity index (χ4n) is 2.50. The lowest BCUT2D eigenvalue weighted by Crippen LogP contribution is -2.23. The number of aryl methyl sites for hydroxylation is 2. The number of halogens is 1. The average Bonchev–Trinajstić information content (AvgIpc) is 2.95. The van der Waals surface area contributed by atoms with Crippen molar-refractivity contribution < 1.29 is 4.84 Å². The Morgan fingerprint density at radius 3 is 2.69 bits per heavy atom. The summed E-state index contributed by atoms with van der Waals surface area (Å²) in [5.41, 5.74) is 3.87. The van der Waals surface area contributed by atoms with Crippen LogP contribution in [0.2, 0.25) is 0 Å². The van der Waals surface area contributed by atoms with E-state index in [9.17, 15) is 4.79 Å². The minimum atomic E-state index is -0.314. The molecule has 2 aromatic carbocycles. The van der Waals surface area contributed by atoms with E-state index in [0.717, 1.165) is 26.9 Å². The molecule has 8 heteroatoms. The van der Waals surface area contributed by atoms with E-state index < -0.39 is 0 Å². The molecule has 1 heterocycles. The van der Waals surface area contributed by atoms with Gasteiger partial charge < -0.3 is 4.84 Å². The molecule has 0 amide bonds. The molecule has 3 rings (SSSR count). The third-order valence-electron chi connectivity index (χ3n) is 3.99. The van der Waals surface area contributed by atoms with Gasteiger partial charge in [-0.05, 0) is 48.0 Å². The molecule has 0 aliphatic rings. The molecule has 0 fully saturated rings. The van der Waals surface area contributed by atoms with Crippen LogP contribution in [0.15, 0.2) is 56.9 Å². The first-order valence-electron chi connectivity index (χ1n) is 7.97. The topological polar surface area (TPSA) is 74.3 Å². The Balaban J connectivity index is 1.85. The van der Waals surface area contributed by atoms with Crippen molar-refractivity contribution in [1.29, 1.82) is 0 Å². The Bertz CT molecular complexity index is 1020. The molecule has 0 aliphatic carbocycles. The number of benzene rings is 2. The highest BCUT2D eigenvalue weighted by Crippen LogP contribution is 2.18. The van der Waals surface area contributed by atoms with Gasteiger partial charge in [-0.1, -0.05) is 45.4 Å². The van der Waals surface area contributed by atoms with Crippen molar-refractivity contribution in [1.82, 2.24) is 19.8 Å². The standard InChI is InChI=1S/C18H18BrN5O2/c1-12-6-4-9-17(24-18(25)23(3)21-22-24)16(12)11-26-20-13(2)14-7-5-8-15(19)10-14/h4-10H,11H2,1-3H3. The van der Waals surface area contributed by atoms with Gasteiger partial charge in [0.1, 0.15) is 6.61 Å². The monoisotopic (exact) mass is 415 g/mol. The third kappa shape index (κ3) is 3.75. The van der Waals surface area contributed by atoms with Crippen LogP contribution in [-0.4, -0.2) is 25.5 Å². The van der Waals surface area contributed by atoms with E-state index in [1.807, 2.05) is 56.3 Å². The number of hydrogen-bond acceptors (Lipinski definition) is 5. The smallest absolute Gasteiger partial charge is 0.368 e. The molecule has 3 aromatic rings. The summed E-state index contributed by atoms with van der Waals surface area (Å²) in [6.45, 7) is 4.05. The van der Waals surface area contributed by atoms with Crippen molar-refractivity contribution in [2.45, 2.75) is 20.5 Å². The van der Waals surface area contributed by atoms with Crippen LogP contribution in [0.25, 0.3) is 5.69 Å². The van der Waals surface area contributed by atoms with Crippen molar-refractivity contribution in [3.05, 3.63) is 74.1 Å². The average molecular weight is 416 g/mol. The Kier molecular flexibility index (Phi) is 5.32. The zero-order valence-electron chi connectivity index (χ0n) is 14.7. The summed E-state index contributed by atoms with van der Waals surface area (Å²) in [5.74, 6) is 0. The van der Waals surface area contributed by atoms with Gasteiger partial charge in [0.25, 0.3) is 0 Å². The zero-order valence-corrected chi connectivity index (χ0v) is 16.3. The normalized spacial score (nSPS) is 11.6. The number of oxime groups is 1. The molecule has 1 aromatic heterocycles. The zero-order chi connectivity index (χ0) is 18.7. The molecule has 0 atom stereocenters. The molecule has 0 saturated heterocycles. The van der Waals surface area contributed by atoms with E-state index in [-0.39, 0.29) is 12.3 Å². The summed E-state index contributed by atoms with van der Waals surface area (Å²) < 4.78 is 3.42. The number of nitrogens with zero attached hydrogens (tertiary/aromatic N) is 5. The van der Waals surface area contributed by atoms with E-state index >= 15 is 0 Å². The molecule has 0 N–H and O–H groups in total. The van der Waals surface area contributed by atoms with E-state index in [0.29, 0.717) is 5.69 Å². The molecule has 7 nitrogen and oxygen atoms in total. The van der Waals surface area contributed by atoms with Gasteiger partial charge in [0, 0.05) is 22.6 Å². The van der Waals surface area contributed by atoms with E-state index in [1.54, 1.807) is 7.05 Å². The van der Waals surface area contributed by atoms with Gasteiger partial charge >= 0.3 is 5.69 Å². The molecule has 0 radical (unpaired) electrons. The number of hydrogen-bond donors (Lipinski definition) is 0. The highest BCUT2D eigenvalue weighted by Gasteiger charge is 2.13. The summed E-state index contributed by atoms with van der Waals surface area (Å²) in [4.78, 5) is 17.7. The van der Waals surface area contributed by atoms with Gasteiger partial charge in [-0.2, -0.15) is 9.36 Å². The van der Waals surface area contributed by atoms with Gasteiger partial charge in [0.15, 0.2) is 0 Å². The minimum Gasteiger partial charge on any atom is -0.391 e. The molecule has 26 heavy (non-hydrogen) atoms. The Morgan fingerprint density at radius 1 is 1.23 bits per heavy atom. The number of tetrazole rings is 1. The maximum atomic E-state index is 12.2. The second-order valence-electron chi connectivity index (χ2n) is 5.83. The third-order valence-corrected chi connectivity index (χ3v) is 4.48. The molecule has 0 saturated carbocycles. The van der Waals surface area contributed by atoms with Crippen molar-refractivity contribution >= 4 is 21.6 Å². The predicted octanol–water partition coefficient (Wildman–Crippen LogP) is 2.98. The summed E-state index contributed by atoms with van der Waals surface area (Å²) in [7, 11) is 1.56. The second kappa shape index (κ2) is 7.65. The van der Waals surface area contributed by atoms with Crippen LogP contribution >= 0.6 is 15.9 Å². The van der Waals surface area contributed by atoms with Crippen LogP contribution in [0.1, 0.15) is 23.6 Å². The first-order valence-corrected chi connectivity index (χ1v) is 8.77.